The molecule has 0 fully saturated rings. The highest BCUT2D eigenvalue weighted by atomic mass is 16.4. The van der Waals surface area contributed by atoms with Crippen molar-refractivity contribution in [1.29, 1.82) is 0 Å². The lowest BCUT2D eigenvalue weighted by Gasteiger charge is -2.06. The summed E-state index contributed by atoms with van der Waals surface area (Å²) < 4.78 is 0. The quantitative estimate of drug-likeness (QED) is 0.590. The van der Waals surface area contributed by atoms with Crippen LogP contribution in [0.4, 0.5) is 0 Å². The molecule has 0 saturated heterocycles. The molecule has 2 aromatic carbocycles. The van der Waals surface area contributed by atoms with Gasteiger partial charge in [0.25, 0.3) is 5.91 Å². The van der Waals surface area contributed by atoms with E-state index in [0.717, 1.165) is 0 Å². The molecule has 0 atom stereocenters. The van der Waals surface area contributed by atoms with Crippen LogP contribution in [0.5, 0.6) is 0 Å². The molecule has 3 rings (SSSR count). The van der Waals surface area contributed by atoms with Crippen molar-refractivity contribution in [2.24, 2.45) is 0 Å². The van der Waals surface area contributed by atoms with Crippen molar-refractivity contribution in [3.8, 4) is 11.1 Å². The minimum Gasteiger partial charge on any atom is -0.506 e. The Balaban J connectivity index is 1.96. The van der Waals surface area contributed by atoms with Gasteiger partial charge in [0.2, 0.25) is 5.78 Å². The first-order chi connectivity index (χ1) is 12.8. The minimum atomic E-state index is -1.28. The summed E-state index contributed by atoms with van der Waals surface area (Å²) >= 11 is 0. The van der Waals surface area contributed by atoms with Crippen LogP contribution in [0, 0.1) is 0 Å². The standard InChI is InChI=1S/C19H13NO7/c21-14(22)8-20-18(25)15-16(23)12-6-5-11(7-13(12)17(15)24)9-1-3-10(4-2-9)19(26)27/h1-7,24H,8H2,(H,20,25)(H,21,22)(H,26,27). The first-order valence-electron chi connectivity index (χ1n) is 7.75. The summed E-state index contributed by atoms with van der Waals surface area (Å²) in [6.07, 6.45) is 0. The van der Waals surface area contributed by atoms with Gasteiger partial charge in [-0.25, -0.2) is 4.79 Å². The highest BCUT2D eigenvalue weighted by Crippen LogP contribution is 2.34. The normalized spacial score (nSPS) is 12.7. The van der Waals surface area contributed by atoms with Crippen molar-refractivity contribution in [1.82, 2.24) is 5.32 Å². The smallest absolute Gasteiger partial charge is 0.335 e. The zero-order valence-electron chi connectivity index (χ0n) is 13.7. The molecule has 1 aliphatic carbocycles. The summed E-state index contributed by atoms with van der Waals surface area (Å²) in [5.41, 5.74) is 1.16. The fourth-order valence-corrected chi connectivity index (χ4v) is 2.75. The van der Waals surface area contributed by atoms with Gasteiger partial charge in [0.05, 0.1) is 5.56 Å². The lowest BCUT2D eigenvalue weighted by molar-refractivity contribution is -0.137. The van der Waals surface area contributed by atoms with Gasteiger partial charge < -0.3 is 20.6 Å². The van der Waals surface area contributed by atoms with E-state index < -0.39 is 41.5 Å². The molecule has 0 radical (unpaired) electrons. The number of carboxylic acids is 2. The highest BCUT2D eigenvalue weighted by molar-refractivity contribution is 6.34. The van der Waals surface area contributed by atoms with Crippen LogP contribution in [0.2, 0.25) is 0 Å². The Labute approximate surface area is 152 Å². The maximum absolute atomic E-state index is 12.4. The molecular formula is C19H13NO7. The molecule has 0 saturated carbocycles. The molecule has 1 aliphatic rings. The number of carbonyl (C=O) groups excluding carboxylic acids is 2. The van der Waals surface area contributed by atoms with Crippen molar-refractivity contribution in [3.63, 3.8) is 0 Å². The Morgan fingerprint density at radius 1 is 0.889 bits per heavy atom. The third-order valence-electron chi connectivity index (χ3n) is 4.08. The number of ketones is 1. The van der Waals surface area contributed by atoms with E-state index in [1.54, 1.807) is 18.2 Å². The van der Waals surface area contributed by atoms with Crippen LogP contribution in [0.3, 0.4) is 0 Å². The molecule has 0 heterocycles. The minimum absolute atomic E-state index is 0.121. The van der Waals surface area contributed by atoms with Gasteiger partial charge in [0, 0.05) is 11.1 Å². The number of hydrogen-bond acceptors (Lipinski definition) is 5. The SMILES string of the molecule is O=C(O)CNC(=O)C1=C(O)c2cc(-c3ccc(C(=O)O)cc3)ccc2C1=O. The van der Waals surface area contributed by atoms with Gasteiger partial charge in [-0.1, -0.05) is 18.2 Å². The van der Waals surface area contributed by atoms with Crippen molar-refractivity contribution in [3.05, 3.63) is 64.7 Å². The first-order valence-corrected chi connectivity index (χ1v) is 7.75. The third kappa shape index (κ3) is 3.28. The number of aliphatic carboxylic acids is 1. The van der Waals surface area contributed by atoms with Crippen molar-refractivity contribution >= 4 is 29.4 Å². The van der Waals surface area contributed by atoms with Gasteiger partial charge in [-0.3, -0.25) is 14.4 Å². The van der Waals surface area contributed by atoms with Gasteiger partial charge in [0.1, 0.15) is 17.9 Å². The lowest BCUT2D eigenvalue weighted by Crippen LogP contribution is -2.32. The van der Waals surface area contributed by atoms with E-state index in [0.29, 0.717) is 11.1 Å². The van der Waals surface area contributed by atoms with Gasteiger partial charge in [-0.15, -0.1) is 0 Å². The summed E-state index contributed by atoms with van der Waals surface area (Å²) in [7, 11) is 0. The topological polar surface area (TPSA) is 141 Å². The predicted molar refractivity (Wildman–Crippen MR) is 93.4 cm³/mol. The van der Waals surface area contributed by atoms with Crippen molar-refractivity contribution < 1.29 is 34.5 Å². The number of carbonyl (C=O) groups is 4. The van der Waals surface area contributed by atoms with E-state index in [4.69, 9.17) is 10.2 Å². The second-order valence-electron chi connectivity index (χ2n) is 5.77. The average Bonchev–Trinajstić information content (AvgIpc) is 2.90. The fraction of sp³-hybridized carbons (Fsp3) is 0.0526. The molecule has 0 aliphatic heterocycles. The molecule has 0 spiro atoms. The third-order valence-corrected chi connectivity index (χ3v) is 4.08. The number of aliphatic hydroxyl groups is 1. The number of hydrogen-bond donors (Lipinski definition) is 4. The predicted octanol–water partition coefficient (Wildman–Crippen LogP) is 1.72. The zero-order chi connectivity index (χ0) is 19.7. The maximum atomic E-state index is 12.4. The van der Waals surface area contributed by atoms with Crippen LogP contribution < -0.4 is 5.32 Å². The Morgan fingerprint density at radius 3 is 2.11 bits per heavy atom. The van der Waals surface area contributed by atoms with Gasteiger partial charge >= 0.3 is 11.9 Å². The summed E-state index contributed by atoms with van der Waals surface area (Å²) in [5.74, 6) is -4.53. The summed E-state index contributed by atoms with van der Waals surface area (Å²) in [5, 5.41) is 29.9. The van der Waals surface area contributed by atoms with Crippen LogP contribution in [-0.2, 0) is 9.59 Å². The van der Waals surface area contributed by atoms with E-state index in [1.807, 2.05) is 0 Å². The molecule has 0 unspecified atom stereocenters. The largest absolute Gasteiger partial charge is 0.506 e. The number of Topliss-reactive ketones (excluding diaryl/α,β-unsaturated/α-hetero) is 1. The molecule has 4 N–H and O–H groups in total. The van der Waals surface area contributed by atoms with Gasteiger partial charge in [-0.2, -0.15) is 0 Å². The molecule has 8 nitrogen and oxygen atoms in total. The summed E-state index contributed by atoms with van der Waals surface area (Å²) in [4.78, 5) is 45.9. The Morgan fingerprint density at radius 2 is 1.52 bits per heavy atom. The maximum Gasteiger partial charge on any atom is 0.335 e. The van der Waals surface area contributed by atoms with Crippen molar-refractivity contribution in [2.45, 2.75) is 0 Å². The fourth-order valence-electron chi connectivity index (χ4n) is 2.75. The summed E-state index contributed by atoms with van der Waals surface area (Å²) in [6, 6.07) is 10.6. The molecule has 1 amide bonds. The number of fused-ring (bicyclic) bond motifs is 1. The second kappa shape index (κ2) is 6.75. The van der Waals surface area contributed by atoms with Gasteiger partial charge in [0.15, 0.2) is 0 Å². The second-order valence-corrected chi connectivity index (χ2v) is 5.77. The van der Waals surface area contributed by atoms with E-state index in [9.17, 15) is 24.3 Å². The van der Waals surface area contributed by atoms with Crippen LogP contribution in [0.1, 0.15) is 26.3 Å². The van der Waals surface area contributed by atoms with Gasteiger partial charge in [-0.05, 0) is 35.4 Å². The Hall–Kier alpha value is -3.94. The van der Waals surface area contributed by atoms with E-state index in [2.05, 4.69) is 5.32 Å². The molecule has 0 bridgehead atoms. The molecule has 2 aromatic rings. The average molecular weight is 367 g/mol. The molecule has 136 valence electrons. The summed E-state index contributed by atoms with van der Waals surface area (Å²) in [6.45, 7) is -0.680. The Kier molecular flexibility index (Phi) is 4.47. The monoisotopic (exact) mass is 367 g/mol. The highest BCUT2D eigenvalue weighted by Gasteiger charge is 2.34. The lowest BCUT2D eigenvalue weighted by atomic mass is 9.99. The van der Waals surface area contributed by atoms with E-state index in [-0.39, 0.29) is 16.7 Å². The molecule has 0 aromatic heterocycles. The number of nitrogens with one attached hydrogen (secondary N) is 1. The molecule has 27 heavy (non-hydrogen) atoms. The number of carboxylic acid groups (broad SMARTS) is 2. The molecular weight excluding hydrogens is 354 g/mol. The van der Waals surface area contributed by atoms with E-state index in [1.165, 1.54) is 24.3 Å². The number of benzene rings is 2. The number of aromatic carboxylic acids is 1. The van der Waals surface area contributed by atoms with Crippen LogP contribution in [-0.4, -0.2) is 45.5 Å². The van der Waals surface area contributed by atoms with Crippen LogP contribution in [0.15, 0.2) is 48.0 Å². The number of aliphatic hydroxyl groups excluding tert-OH is 1. The first kappa shape index (κ1) is 17.9. The molecule has 8 heteroatoms. The Bertz CT molecular complexity index is 1020. The number of amides is 1. The zero-order valence-corrected chi connectivity index (χ0v) is 13.7. The van der Waals surface area contributed by atoms with E-state index >= 15 is 0 Å². The van der Waals surface area contributed by atoms with Crippen LogP contribution >= 0.6 is 0 Å². The van der Waals surface area contributed by atoms with Crippen LogP contribution in [0.25, 0.3) is 16.9 Å². The van der Waals surface area contributed by atoms with Crippen molar-refractivity contribution in [2.75, 3.05) is 6.54 Å². The number of rotatable bonds is 5.